The zero-order valence-corrected chi connectivity index (χ0v) is 22.7. The van der Waals surface area contributed by atoms with Crippen molar-refractivity contribution < 1.29 is 4.79 Å². The number of likely N-dealkylation sites (tertiary alicyclic amines) is 1. The second-order valence-corrected chi connectivity index (χ2v) is 11.3. The van der Waals surface area contributed by atoms with Gasteiger partial charge in [-0.3, -0.25) is 4.79 Å². The summed E-state index contributed by atoms with van der Waals surface area (Å²) in [4.78, 5) is 37.4. The highest BCUT2D eigenvalue weighted by molar-refractivity contribution is 5.87. The maximum atomic E-state index is 13.4. The monoisotopic (exact) mass is 519 g/mol. The number of fused-ring (bicyclic) bond motifs is 1. The van der Waals surface area contributed by atoms with E-state index in [-0.39, 0.29) is 5.92 Å². The van der Waals surface area contributed by atoms with E-state index in [1.54, 1.807) is 6.33 Å². The molecule has 10 heteroatoms. The third-order valence-electron chi connectivity index (χ3n) is 8.74. The van der Waals surface area contributed by atoms with Gasteiger partial charge in [0.05, 0.1) is 30.0 Å². The standard InChI is InChI=1S/C28H41N9O/c1-2-6-25-29-17-22(33-25)19-37-27-24(18-32-37)26(30-20-31-27)35-13-15-36(16-14-35)28(38)21-7-9-23(10-8-21)34-11-4-3-5-12-34/h17-18,20-21,23H,2-16,19H2,1H3,(H,29,33). The van der Waals surface area contributed by atoms with Crippen LogP contribution in [0.1, 0.15) is 69.8 Å². The van der Waals surface area contributed by atoms with Crippen molar-refractivity contribution in [1.29, 1.82) is 0 Å². The molecule has 2 saturated heterocycles. The number of hydrogen-bond donors (Lipinski definition) is 1. The molecule has 3 fully saturated rings. The Labute approximate surface area is 224 Å². The first kappa shape index (κ1) is 25.3. The summed E-state index contributed by atoms with van der Waals surface area (Å²) in [7, 11) is 0. The summed E-state index contributed by atoms with van der Waals surface area (Å²) in [5.74, 6) is 2.49. The molecule has 38 heavy (non-hydrogen) atoms. The first-order chi connectivity index (χ1) is 18.7. The van der Waals surface area contributed by atoms with Gasteiger partial charge in [-0.1, -0.05) is 13.3 Å². The van der Waals surface area contributed by atoms with Gasteiger partial charge in [-0.15, -0.1) is 0 Å². The van der Waals surface area contributed by atoms with Crippen LogP contribution >= 0.6 is 0 Å². The predicted octanol–water partition coefficient (Wildman–Crippen LogP) is 3.24. The van der Waals surface area contributed by atoms with Gasteiger partial charge >= 0.3 is 0 Å². The Bertz CT molecular complexity index is 1210. The van der Waals surface area contributed by atoms with Crippen LogP contribution in [0.25, 0.3) is 11.0 Å². The Morgan fingerprint density at radius 3 is 2.50 bits per heavy atom. The van der Waals surface area contributed by atoms with Crippen LogP contribution in [0.4, 0.5) is 5.82 Å². The Balaban J connectivity index is 1.05. The molecule has 0 bridgehead atoms. The van der Waals surface area contributed by atoms with E-state index in [2.05, 4.69) is 46.7 Å². The molecular formula is C28H41N9O. The van der Waals surface area contributed by atoms with Gasteiger partial charge in [0, 0.05) is 44.6 Å². The lowest BCUT2D eigenvalue weighted by atomic mass is 9.83. The SMILES string of the molecule is CCCc1ncc(Cn2ncc3c(N4CCN(C(=O)C5CCC(N6CCCCC6)CC5)CC4)ncnc32)[nH]1. The fourth-order valence-corrected chi connectivity index (χ4v) is 6.63. The van der Waals surface area contributed by atoms with Gasteiger partial charge in [-0.05, 0) is 58.0 Å². The number of rotatable bonds is 7. The number of nitrogens with one attached hydrogen (secondary N) is 1. The first-order valence-corrected chi connectivity index (χ1v) is 14.7. The quantitative estimate of drug-likeness (QED) is 0.512. The molecule has 3 aliphatic rings. The summed E-state index contributed by atoms with van der Waals surface area (Å²) in [5.41, 5.74) is 1.85. The number of carbonyl (C=O) groups is 1. The average Bonchev–Trinajstić information content (AvgIpc) is 3.60. The van der Waals surface area contributed by atoms with Crippen molar-refractivity contribution in [2.75, 3.05) is 44.2 Å². The van der Waals surface area contributed by atoms with E-state index in [4.69, 9.17) is 0 Å². The number of hydrogen-bond acceptors (Lipinski definition) is 7. The van der Waals surface area contributed by atoms with Crippen molar-refractivity contribution in [2.45, 2.75) is 77.3 Å². The molecule has 0 spiro atoms. The molecule has 6 rings (SSSR count). The number of imidazole rings is 1. The topological polar surface area (TPSA) is 99.1 Å². The van der Waals surface area contributed by atoms with Crippen LogP contribution in [-0.4, -0.2) is 90.7 Å². The lowest BCUT2D eigenvalue weighted by Crippen LogP contribution is -2.51. The Morgan fingerprint density at radius 1 is 0.947 bits per heavy atom. The van der Waals surface area contributed by atoms with Gasteiger partial charge in [0.1, 0.15) is 18.0 Å². The Morgan fingerprint density at radius 2 is 1.74 bits per heavy atom. The summed E-state index contributed by atoms with van der Waals surface area (Å²) < 4.78 is 1.91. The maximum absolute atomic E-state index is 13.4. The first-order valence-electron chi connectivity index (χ1n) is 14.7. The number of amides is 1. The van der Waals surface area contributed by atoms with Gasteiger partial charge < -0.3 is 19.7 Å². The van der Waals surface area contributed by atoms with Gasteiger partial charge in [-0.25, -0.2) is 19.6 Å². The smallest absolute Gasteiger partial charge is 0.225 e. The van der Waals surface area contributed by atoms with Crippen LogP contribution < -0.4 is 4.90 Å². The van der Waals surface area contributed by atoms with E-state index >= 15 is 0 Å². The molecule has 2 aliphatic heterocycles. The number of carbonyl (C=O) groups excluding carboxylic acids is 1. The van der Waals surface area contributed by atoms with E-state index in [1.165, 1.54) is 45.2 Å². The summed E-state index contributed by atoms with van der Waals surface area (Å²) >= 11 is 0. The summed E-state index contributed by atoms with van der Waals surface area (Å²) in [6.07, 6.45) is 15.9. The molecule has 0 atom stereocenters. The molecule has 0 radical (unpaired) electrons. The lowest BCUT2D eigenvalue weighted by Gasteiger charge is -2.41. The number of piperidine rings is 1. The number of anilines is 1. The molecule has 204 valence electrons. The van der Waals surface area contributed by atoms with Crippen LogP contribution in [-0.2, 0) is 17.8 Å². The number of piperazine rings is 1. The molecule has 5 heterocycles. The van der Waals surface area contributed by atoms with Crippen molar-refractivity contribution in [2.24, 2.45) is 5.92 Å². The number of nitrogens with zero attached hydrogens (tertiary/aromatic N) is 8. The molecule has 0 unspecified atom stereocenters. The third-order valence-corrected chi connectivity index (χ3v) is 8.74. The third kappa shape index (κ3) is 5.28. The van der Waals surface area contributed by atoms with Crippen molar-refractivity contribution in [1.82, 2.24) is 39.5 Å². The number of H-pyrrole nitrogens is 1. The highest BCUT2D eigenvalue weighted by Crippen LogP contribution is 2.31. The molecule has 1 saturated carbocycles. The molecule has 3 aromatic heterocycles. The van der Waals surface area contributed by atoms with Gasteiger partial charge in [0.2, 0.25) is 5.91 Å². The van der Waals surface area contributed by atoms with E-state index < -0.39 is 0 Å². The van der Waals surface area contributed by atoms with Gasteiger partial charge in [0.15, 0.2) is 5.65 Å². The van der Waals surface area contributed by atoms with Gasteiger partial charge in [0.25, 0.3) is 0 Å². The van der Waals surface area contributed by atoms with Crippen LogP contribution in [0.2, 0.25) is 0 Å². The Kier molecular flexibility index (Phi) is 7.58. The average molecular weight is 520 g/mol. The van der Waals surface area contributed by atoms with Crippen molar-refractivity contribution >= 4 is 22.8 Å². The van der Waals surface area contributed by atoms with Crippen molar-refractivity contribution in [3.8, 4) is 0 Å². The maximum Gasteiger partial charge on any atom is 0.225 e. The number of aromatic amines is 1. The zero-order valence-electron chi connectivity index (χ0n) is 22.7. The zero-order chi connectivity index (χ0) is 25.9. The fraction of sp³-hybridized carbons (Fsp3) is 0.679. The second kappa shape index (κ2) is 11.4. The predicted molar refractivity (Wildman–Crippen MR) is 147 cm³/mol. The van der Waals surface area contributed by atoms with Crippen molar-refractivity contribution in [3.05, 3.63) is 30.2 Å². The molecule has 1 N–H and O–H groups in total. The van der Waals surface area contributed by atoms with Crippen LogP contribution in [0, 0.1) is 5.92 Å². The Hall–Kier alpha value is -3.01. The van der Waals surface area contributed by atoms with Gasteiger partial charge in [-0.2, -0.15) is 5.10 Å². The van der Waals surface area contributed by atoms with Crippen LogP contribution in [0.3, 0.4) is 0 Å². The minimum Gasteiger partial charge on any atom is -0.352 e. The summed E-state index contributed by atoms with van der Waals surface area (Å²) in [6, 6.07) is 0.698. The van der Waals surface area contributed by atoms with E-state index in [0.29, 0.717) is 18.5 Å². The number of aryl methyl sites for hydroxylation is 1. The van der Waals surface area contributed by atoms with E-state index in [1.807, 2.05) is 17.1 Å². The minimum atomic E-state index is 0.201. The van der Waals surface area contributed by atoms with E-state index in [9.17, 15) is 4.79 Å². The molecule has 3 aromatic rings. The molecule has 0 aromatic carbocycles. The van der Waals surface area contributed by atoms with Crippen LogP contribution in [0.5, 0.6) is 0 Å². The highest BCUT2D eigenvalue weighted by atomic mass is 16.2. The fourth-order valence-electron chi connectivity index (χ4n) is 6.63. The molecule has 10 nitrogen and oxygen atoms in total. The normalized spacial score (nSPS) is 23.3. The summed E-state index contributed by atoms with van der Waals surface area (Å²) in [6.45, 7) is 8.32. The lowest BCUT2D eigenvalue weighted by molar-refractivity contribution is -0.137. The molecule has 1 aliphatic carbocycles. The largest absolute Gasteiger partial charge is 0.352 e. The van der Waals surface area contributed by atoms with E-state index in [0.717, 1.165) is 80.2 Å². The molecule has 1 amide bonds. The highest BCUT2D eigenvalue weighted by Gasteiger charge is 2.33. The summed E-state index contributed by atoms with van der Waals surface area (Å²) in [5, 5.41) is 5.57. The number of aromatic nitrogens is 6. The molecular weight excluding hydrogens is 478 g/mol. The van der Waals surface area contributed by atoms with Crippen LogP contribution in [0.15, 0.2) is 18.7 Å². The van der Waals surface area contributed by atoms with Crippen molar-refractivity contribution in [3.63, 3.8) is 0 Å². The second-order valence-electron chi connectivity index (χ2n) is 11.3. The minimum absolute atomic E-state index is 0.201.